The molecule has 0 spiro atoms. The number of anilines is 2. The Morgan fingerprint density at radius 2 is 1.86 bits per heavy atom. The van der Waals surface area contributed by atoms with Crippen LogP contribution in [0, 0.1) is 5.92 Å². The highest BCUT2D eigenvalue weighted by atomic mass is 32.2. The van der Waals surface area contributed by atoms with Gasteiger partial charge in [0.2, 0.25) is 0 Å². The Morgan fingerprint density at radius 1 is 1.11 bits per heavy atom. The van der Waals surface area contributed by atoms with Crippen molar-refractivity contribution in [3.05, 3.63) is 48.5 Å². The van der Waals surface area contributed by atoms with E-state index in [9.17, 15) is 18.0 Å². The highest BCUT2D eigenvalue weighted by Crippen LogP contribution is 2.32. The predicted molar refractivity (Wildman–Crippen MR) is 136 cm³/mol. The van der Waals surface area contributed by atoms with Gasteiger partial charge in [0.25, 0.3) is 5.89 Å². The average molecular weight is 538 g/mol. The third kappa shape index (κ3) is 9.64. The number of esters is 1. The first-order valence-corrected chi connectivity index (χ1v) is 13.1. The van der Waals surface area contributed by atoms with E-state index < -0.39 is 6.36 Å². The van der Waals surface area contributed by atoms with Crippen LogP contribution in [0.2, 0.25) is 0 Å². The number of carbonyl (C=O) groups is 1. The summed E-state index contributed by atoms with van der Waals surface area (Å²) >= 11 is 1.49. The number of unbranched alkanes of at least 4 members (excludes halogenated alkanes) is 1. The SMILES string of the molecule is CCCCC(CC)COC(=O)CCSc1ccccc1-c1nnc(Nc2ccc(OC(F)(F)F)cc2)o1. The maximum absolute atomic E-state index is 12.3. The molecule has 11 heteroatoms. The molecular formula is C26H30F3N3O4S. The number of halogens is 3. The summed E-state index contributed by atoms with van der Waals surface area (Å²) in [5.41, 5.74) is 1.16. The highest BCUT2D eigenvalue weighted by Gasteiger charge is 2.31. The van der Waals surface area contributed by atoms with Crippen molar-refractivity contribution in [1.82, 2.24) is 10.2 Å². The zero-order valence-electron chi connectivity index (χ0n) is 20.7. The van der Waals surface area contributed by atoms with Crippen LogP contribution in [-0.4, -0.2) is 34.9 Å². The number of hydrogen-bond donors (Lipinski definition) is 1. The minimum Gasteiger partial charge on any atom is -0.465 e. The Morgan fingerprint density at radius 3 is 2.57 bits per heavy atom. The molecule has 0 amide bonds. The number of hydrogen-bond acceptors (Lipinski definition) is 8. The quantitative estimate of drug-likeness (QED) is 0.166. The summed E-state index contributed by atoms with van der Waals surface area (Å²) in [7, 11) is 0. The standard InChI is InChI=1S/C26H30F3N3O4S/c1-3-5-8-18(4-2)17-34-23(33)15-16-37-22-10-7-6-9-21(22)24-31-32-25(35-24)30-19-11-13-20(14-12-19)36-26(27,28)29/h6-7,9-14,18H,3-5,8,15-17H2,1-2H3,(H,30,32). The number of thioether (sulfide) groups is 1. The maximum atomic E-state index is 12.3. The van der Waals surface area contributed by atoms with Crippen molar-refractivity contribution in [1.29, 1.82) is 0 Å². The average Bonchev–Trinajstić information content (AvgIpc) is 3.33. The van der Waals surface area contributed by atoms with Crippen LogP contribution >= 0.6 is 11.8 Å². The molecule has 200 valence electrons. The van der Waals surface area contributed by atoms with Crippen LogP contribution in [0.1, 0.15) is 46.0 Å². The van der Waals surface area contributed by atoms with Crippen LogP contribution in [-0.2, 0) is 9.53 Å². The first kappa shape index (κ1) is 28.4. The number of nitrogens with zero attached hydrogens (tertiary/aromatic N) is 2. The Bertz CT molecular complexity index is 1120. The van der Waals surface area contributed by atoms with Gasteiger partial charge < -0.3 is 19.2 Å². The van der Waals surface area contributed by atoms with Crippen molar-refractivity contribution in [2.75, 3.05) is 17.7 Å². The smallest absolute Gasteiger partial charge is 0.465 e. The second-order valence-corrected chi connectivity index (χ2v) is 9.44. The summed E-state index contributed by atoms with van der Waals surface area (Å²) in [5.74, 6) is 0.667. The van der Waals surface area contributed by atoms with Crippen LogP contribution < -0.4 is 10.1 Å². The first-order chi connectivity index (χ1) is 17.8. The zero-order chi connectivity index (χ0) is 26.7. The molecule has 0 fully saturated rings. The monoisotopic (exact) mass is 537 g/mol. The molecule has 0 bridgehead atoms. The summed E-state index contributed by atoms with van der Waals surface area (Å²) in [6.07, 6.45) is -0.136. The van der Waals surface area contributed by atoms with Gasteiger partial charge in [-0.2, -0.15) is 0 Å². The van der Waals surface area contributed by atoms with Crippen LogP contribution in [0.3, 0.4) is 0 Å². The molecule has 0 aliphatic rings. The fraction of sp³-hybridized carbons (Fsp3) is 0.423. The van der Waals surface area contributed by atoms with Gasteiger partial charge in [-0.15, -0.1) is 30.0 Å². The molecule has 2 aromatic carbocycles. The van der Waals surface area contributed by atoms with Crippen molar-refractivity contribution in [3.63, 3.8) is 0 Å². The molecule has 3 rings (SSSR count). The van der Waals surface area contributed by atoms with E-state index in [-0.39, 0.29) is 30.0 Å². The van der Waals surface area contributed by atoms with E-state index in [4.69, 9.17) is 9.15 Å². The van der Waals surface area contributed by atoms with Gasteiger partial charge in [-0.05, 0) is 48.7 Å². The Balaban J connectivity index is 1.53. The lowest BCUT2D eigenvalue weighted by Gasteiger charge is -2.14. The Labute approximate surface area is 218 Å². The van der Waals surface area contributed by atoms with Crippen LogP contribution in [0.15, 0.2) is 57.8 Å². The van der Waals surface area contributed by atoms with E-state index in [1.54, 1.807) is 0 Å². The van der Waals surface area contributed by atoms with Gasteiger partial charge in [-0.3, -0.25) is 4.79 Å². The molecule has 0 saturated heterocycles. The summed E-state index contributed by atoms with van der Waals surface area (Å²) in [6.45, 7) is 4.73. The molecule has 0 saturated carbocycles. The van der Waals surface area contributed by atoms with Gasteiger partial charge in [0.15, 0.2) is 0 Å². The van der Waals surface area contributed by atoms with Gasteiger partial charge in [-0.1, -0.05) is 50.3 Å². The molecule has 1 aromatic heterocycles. The summed E-state index contributed by atoms with van der Waals surface area (Å²) in [4.78, 5) is 13.1. The molecule has 3 aromatic rings. The van der Waals surface area contributed by atoms with E-state index in [0.717, 1.165) is 30.6 Å². The molecule has 1 unspecified atom stereocenters. The molecule has 0 aliphatic carbocycles. The van der Waals surface area contributed by atoms with Crippen LogP contribution in [0.5, 0.6) is 5.75 Å². The molecule has 0 radical (unpaired) electrons. The lowest BCUT2D eigenvalue weighted by Crippen LogP contribution is -2.16. The minimum absolute atomic E-state index is 0.0800. The van der Waals surface area contributed by atoms with Gasteiger partial charge in [-0.25, -0.2) is 0 Å². The fourth-order valence-electron chi connectivity index (χ4n) is 3.44. The van der Waals surface area contributed by atoms with E-state index in [1.165, 1.54) is 36.0 Å². The van der Waals surface area contributed by atoms with E-state index in [1.807, 2.05) is 24.3 Å². The third-order valence-electron chi connectivity index (χ3n) is 5.47. The van der Waals surface area contributed by atoms with Gasteiger partial charge in [0.1, 0.15) is 5.75 Å². The van der Waals surface area contributed by atoms with E-state index in [0.29, 0.717) is 29.5 Å². The molecule has 37 heavy (non-hydrogen) atoms. The molecule has 7 nitrogen and oxygen atoms in total. The number of ether oxygens (including phenoxy) is 2. The largest absolute Gasteiger partial charge is 0.573 e. The summed E-state index contributed by atoms with van der Waals surface area (Å²) < 4.78 is 52.0. The summed E-state index contributed by atoms with van der Waals surface area (Å²) in [6, 6.07) is 12.7. The molecule has 0 aliphatic heterocycles. The van der Waals surface area contributed by atoms with Crippen LogP contribution in [0.4, 0.5) is 24.9 Å². The number of alkyl halides is 3. The van der Waals surface area contributed by atoms with Crippen molar-refractivity contribution in [2.45, 2.75) is 57.2 Å². The zero-order valence-corrected chi connectivity index (χ0v) is 21.5. The van der Waals surface area contributed by atoms with Crippen molar-refractivity contribution in [2.24, 2.45) is 5.92 Å². The second-order valence-electron chi connectivity index (χ2n) is 8.30. The Kier molecular flexibility index (Phi) is 10.7. The number of rotatable bonds is 14. The predicted octanol–water partition coefficient (Wildman–Crippen LogP) is 7.62. The molecule has 1 heterocycles. The number of benzene rings is 2. The number of nitrogens with one attached hydrogen (secondary N) is 1. The minimum atomic E-state index is -4.76. The van der Waals surface area contributed by atoms with Gasteiger partial charge >= 0.3 is 18.3 Å². The Hall–Kier alpha value is -3.21. The maximum Gasteiger partial charge on any atom is 0.573 e. The van der Waals surface area contributed by atoms with Crippen molar-refractivity contribution >= 4 is 29.4 Å². The van der Waals surface area contributed by atoms with E-state index >= 15 is 0 Å². The van der Waals surface area contributed by atoms with Crippen molar-refractivity contribution in [3.8, 4) is 17.2 Å². The van der Waals surface area contributed by atoms with Gasteiger partial charge in [0.05, 0.1) is 18.6 Å². The first-order valence-electron chi connectivity index (χ1n) is 12.1. The second kappa shape index (κ2) is 13.9. The number of carbonyl (C=O) groups excluding carboxylic acids is 1. The fourth-order valence-corrected chi connectivity index (χ4v) is 4.41. The molecule has 1 atom stereocenters. The van der Waals surface area contributed by atoms with Gasteiger partial charge in [0, 0.05) is 16.3 Å². The van der Waals surface area contributed by atoms with Crippen LogP contribution in [0.25, 0.3) is 11.5 Å². The van der Waals surface area contributed by atoms with Crippen molar-refractivity contribution < 1.29 is 31.9 Å². The van der Waals surface area contributed by atoms with E-state index in [2.05, 4.69) is 34.1 Å². The topological polar surface area (TPSA) is 86.5 Å². The number of aromatic nitrogens is 2. The molecule has 1 N–H and O–H groups in total. The summed E-state index contributed by atoms with van der Waals surface area (Å²) in [5, 5.41) is 10.9. The third-order valence-corrected chi connectivity index (χ3v) is 6.54. The molecular weight excluding hydrogens is 507 g/mol. The normalized spacial score (nSPS) is 12.2. The lowest BCUT2D eigenvalue weighted by atomic mass is 10.0. The lowest BCUT2D eigenvalue weighted by molar-refractivity contribution is -0.274. The highest BCUT2D eigenvalue weighted by molar-refractivity contribution is 7.99.